The second-order valence-corrected chi connectivity index (χ2v) is 8.88. The maximum atomic E-state index is 12.3. The molecule has 0 aliphatic heterocycles. The van der Waals surface area contributed by atoms with Gasteiger partial charge in [0, 0.05) is 0 Å². The van der Waals surface area contributed by atoms with Crippen LogP contribution < -0.4 is 5.73 Å². The lowest BCUT2D eigenvalue weighted by molar-refractivity contribution is -0.141. The average molecular weight is 363 g/mol. The Labute approximate surface area is 149 Å². The van der Waals surface area contributed by atoms with E-state index in [9.17, 15) is 13.2 Å². The number of fused-ring (bicyclic) bond motifs is 1. The maximum Gasteiger partial charge on any atom is 0.341 e. The molecule has 0 radical (unpaired) electrons. The Morgan fingerprint density at radius 2 is 2.00 bits per heavy atom. The Bertz CT molecular complexity index is 797. The molecule has 136 valence electrons. The van der Waals surface area contributed by atoms with Gasteiger partial charge in [0.05, 0.1) is 6.42 Å². The summed E-state index contributed by atoms with van der Waals surface area (Å²) in [4.78, 5) is 12.3. The molecule has 1 aromatic carbocycles. The molecule has 3 atom stereocenters. The molecule has 0 heterocycles. The minimum atomic E-state index is -4.08. The maximum absolute atomic E-state index is 12.3. The molecule has 2 aliphatic carbocycles. The zero-order valence-corrected chi connectivity index (χ0v) is 15.5. The normalized spacial score (nSPS) is 28.0. The number of aryl methyl sites for hydroxylation is 1. The number of rotatable bonds is 6. The largest absolute Gasteiger partial charge is 0.342 e. The molecule has 1 aromatic rings. The Hall–Kier alpha value is -1.66. The van der Waals surface area contributed by atoms with Gasteiger partial charge in [0.15, 0.2) is 0 Å². The topological polar surface area (TPSA) is 86.5 Å². The molecule has 1 saturated carbocycles. The molecule has 3 rings (SSSR count). The molecule has 5 nitrogen and oxygen atoms in total. The number of carbonyl (C=O) groups is 1. The van der Waals surface area contributed by atoms with Gasteiger partial charge in [0.25, 0.3) is 0 Å². The van der Waals surface area contributed by atoms with Gasteiger partial charge >= 0.3 is 16.1 Å². The van der Waals surface area contributed by atoms with Crippen molar-refractivity contribution < 1.29 is 17.4 Å². The molecular weight excluding hydrogens is 338 g/mol. The Morgan fingerprint density at radius 1 is 1.32 bits per heavy atom. The summed E-state index contributed by atoms with van der Waals surface area (Å²) < 4.78 is 29.4. The highest BCUT2D eigenvalue weighted by Crippen LogP contribution is 2.59. The molecule has 0 bridgehead atoms. The van der Waals surface area contributed by atoms with Gasteiger partial charge in [-0.25, -0.2) is 0 Å². The summed E-state index contributed by atoms with van der Waals surface area (Å²) in [7, 11) is -4.08. The number of allylic oxidation sites excluding steroid dienone is 2. The molecule has 2 aliphatic rings. The fourth-order valence-corrected chi connectivity index (χ4v) is 5.10. The van der Waals surface area contributed by atoms with Crippen molar-refractivity contribution in [2.75, 3.05) is 6.54 Å². The highest BCUT2D eigenvalue weighted by atomic mass is 32.2. The SMILES string of the molecule is CCC1=CC2C(C1)CC2(CN)CC(=O)OS(=O)(=O)c1ccc(C)cc1. The van der Waals surface area contributed by atoms with Gasteiger partial charge in [0.1, 0.15) is 4.90 Å². The van der Waals surface area contributed by atoms with E-state index < -0.39 is 16.1 Å². The first-order chi connectivity index (χ1) is 11.8. The highest BCUT2D eigenvalue weighted by Gasteiger charge is 2.55. The van der Waals surface area contributed by atoms with Crippen molar-refractivity contribution in [3.63, 3.8) is 0 Å². The summed E-state index contributed by atoms with van der Waals surface area (Å²) in [6, 6.07) is 6.24. The van der Waals surface area contributed by atoms with E-state index >= 15 is 0 Å². The van der Waals surface area contributed by atoms with Crippen molar-refractivity contribution in [1.29, 1.82) is 0 Å². The molecule has 0 saturated heterocycles. The number of hydrogen-bond donors (Lipinski definition) is 1. The molecule has 0 aromatic heterocycles. The van der Waals surface area contributed by atoms with Crippen LogP contribution in [0.5, 0.6) is 0 Å². The quantitative estimate of drug-likeness (QED) is 0.620. The van der Waals surface area contributed by atoms with Crippen LogP contribution in [-0.2, 0) is 19.1 Å². The molecule has 0 spiro atoms. The van der Waals surface area contributed by atoms with Crippen LogP contribution in [0.4, 0.5) is 0 Å². The predicted molar refractivity (Wildman–Crippen MR) is 95.1 cm³/mol. The van der Waals surface area contributed by atoms with Gasteiger partial charge in [-0.2, -0.15) is 8.42 Å². The van der Waals surface area contributed by atoms with Crippen LogP contribution in [0.25, 0.3) is 0 Å². The Kier molecular flexibility index (Phi) is 4.77. The molecule has 1 fully saturated rings. The first-order valence-corrected chi connectivity index (χ1v) is 10.1. The van der Waals surface area contributed by atoms with Gasteiger partial charge < -0.3 is 9.92 Å². The molecular formula is C19H25NO4S. The van der Waals surface area contributed by atoms with Crippen LogP contribution in [0.15, 0.2) is 40.8 Å². The van der Waals surface area contributed by atoms with Crippen molar-refractivity contribution in [3.8, 4) is 0 Å². The fraction of sp³-hybridized carbons (Fsp3) is 0.526. The molecule has 2 N–H and O–H groups in total. The summed E-state index contributed by atoms with van der Waals surface area (Å²) in [5.74, 6) is 0.0879. The van der Waals surface area contributed by atoms with E-state index in [1.165, 1.54) is 17.7 Å². The van der Waals surface area contributed by atoms with Crippen molar-refractivity contribution in [3.05, 3.63) is 41.5 Å². The number of nitrogens with two attached hydrogens (primary N) is 1. The monoisotopic (exact) mass is 363 g/mol. The number of benzene rings is 1. The molecule has 6 heteroatoms. The predicted octanol–water partition coefficient (Wildman–Crippen LogP) is 2.94. The van der Waals surface area contributed by atoms with Gasteiger partial charge in [-0.3, -0.25) is 4.79 Å². The van der Waals surface area contributed by atoms with Crippen molar-refractivity contribution in [1.82, 2.24) is 0 Å². The third-order valence-corrected chi connectivity index (χ3v) is 6.95. The molecule has 25 heavy (non-hydrogen) atoms. The number of carbonyl (C=O) groups excluding carboxylic acids is 1. The van der Waals surface area contributed by atoms with E-state index in [-0.39, 0.29) is 22.6 Å². The Morgan fingerprint density at radius 3 is 2.60 bits per heavy atom. The van der Waals surface area contributed by atoms with Gasteiger partial charge in [-0.05, 0) is 62.1 Å². The second kappa shape index (κ2) is 6.57. The third kappa shape index (κ3) is 3.37. The summed E-state index contributed by atoms with van der Waals surface area (Å²) in [5, 5.41) is 0. The van der Waals surface area contributed by atoms with E-state index in [4.69, 9.17) is 9.92 Å². The average Bonchev–Trinajstić information content (AvgIpc) is 2.90. The standard InChI is InChI=1S/C19H25NO4S/c1-3-14-8-15-10-19(12-20,17(15)9-14)11-18(21)24-25(22,23)16-6-4-13(2)5-7-16/h4-7,9,15,17H,3,8,10-12,20H2,1-2H3. The number of hydrogen-bond acceptors (Lipinski definition) is 5. The fourth-order valence-electron chi connectivity index (χ4n) is 4.23. The lowest BCUT2D eigenvalue weighted by atomic mass is 9.53. The van der Waals surface area contributed by atoms with Crippen molar-refractivity contribution in [2.24, 2.45) is 23.0 Å². The van der Waals surface area contributed by atoms with Crippen molar-refractivity contribution >= 4 is 16.1 Å². The first-order valence-electron chi connectivity index (χ1n) is 8.73. The Balaban J connectivity index is 1.70. The lowest BCUT2D eigenvalue weighted by Gasteiger charge is -2.51. The van der Waals surface area contributed by atoms with Crippen molar-refractivity contribution in [2.45, 2.75) is 44.4 Å². The van der Waals surface area contributed by atoms with Crippen LogP contribution in [0, 0.1) is 24.2 Å². The summed E-state index contributed by atoms with van der Waals surface area (Å²) in [6.07, 6.45) is 5.22. The second-order valence-electron chi connectivity index (χ2n) is 7.34. The van der Waals surface area contributed by atoms with E-state index in [0.29, 0.717) is 12.5 Å². The molecule has 3 unspecified atom stereocenters. The van der Waals surface area contributed by atoms with Crippen LogP contribution in [-0.4, -0.2) is 20.9 Å². The van der Waals surface area contributed by atoms with E-state index in [1.807, 2.05) is 6.92 Å². The van der Waals surface area contributed by atoms with Crippen LogP contribution in [0.3, 0.4) is 0 Å². The third-order valence-electron chi connectivity index (χ3n) is 5.69. The van der Waals surface area contributed by atoms with Crippen LogP contribution >= 0.6 is 0 Å². The van der Waals surface area contributed by atoms with Gasteiger partial charge in [0.2, 0.25) is 0 Å². The van der Waals surface area contributed by atoms with Gasteiger partial charge in [-0.15, -0.1) is 0 Å². The van der Waals surface area contributed by atoms with E-state index in [0.717, 1.165) is 24.8 Å². The van der Waals surface area contributed by atoms with Crippen LogP contribution in [0.1, 0.15) is 38.2 Å². The first kappa shape index (κ1) is 18.1. The van der Waals surface area contributed by atoms with Crippen LogP contribution in [0.2, 0.25) is 0 Å². The minimum absolute atomic E-state index is 0.00577. The van der Waals surface area contributed by atoms with Gasteiger partial charge in [-0.1, -0.05) is 36.3 Å². The summed E-state index contributed by atoms with van der Waals surface area (Å²) >= 11 is 0. The van der Waals surface area contributed by atoms with E-state index in [1.54, 1.807) is 12.1 Å². The summed E-state index contributed by atoms with van der Waals surface area (Å²) in [6.45, 7) is 4.35. The molecule has 0 amide bonds. The zero-order valence-electron chi connectivity index (χ0n) is 14.7. The minimum Gasteiger partial charge on any atom is -0.342 e. The lowest BCUT2D eigenvalue weighted by Crippen LogP contribution is -2.51. The summed E-state index contributed by atoms with van der Waals surface area (Å²) in [5.41, 5.74) is 7.95. The highest BCUT2D eigenvalue weighted by molar-refractivity contribution is 7.87. The zero-order chi connectivity index (χ0) is 18.2. The van der Waals surface area contributed by atoms with E-state index in [2.05, 4.69) is 13.0 Å². The smallest absolute Gasteiger partial charge is 0.341 e.